The first-order valence-electron chi connectivity index (χ1n) is 7.99. The lowest BCUT2D eigenvalue weighted by molar-refractivity contribution is -0.145. The van der Waals surface area contributed by atoms with Crippen LogP contribution in [0.5, 0.6) is 0 Å². The third-order valence-corrected chi connectivity index (χ3v) is 5.55. The van der Waals surface area contributed by atoms with E-state index in [0.29, 0.717) is 11.8 Å². The summed E-state index contributed by atoms with van der Waals surface area (Å²) in [6.45, 7) is 3.66. The van der Waals surface area contributed by atoms with E-state index in [4.69, 9.17) is 0 Å². The predicted octanol–water partition coefficient (Wildman–Crippen LogP) is -0.151. The van der Waals surface area contributed by atoms with E-state index in [2.05, 4.69) is 17.3 Å². The molecule has 0 radical (unpaired) electrons. The van der Waals surface area contributed by atoms with Gasteiger partial charge in [0, 0.05) is 32.2 Å². The molecule has 0 aromatic heterocycles. The first kappa shape index (κ1) is 14.8. The highest BCUT2D eigenvalue weighted by Crippen LogP contribution is 2.48. The van der Waals surface area contributed by atoms with Crippen molar-refractivity contribution in [1.29, 1.82) is 0 Å². The van der Waals surface area contributed by atoms with Gasteiger partial charge in [0.05, 0.1) is 12.5 Å². The Morgan fingerprint density at radius 1 is 1.14 bits per heavy atom. The summed E-state index contributed by atoms with van der Waals surface area (Å²) in [6.07, 6.45) is 3.15. The molecule has 2 bridgehead atoms. The van der Waals surface area contributed by atoms with E-state index in [1.165, 1.54) is 0 Å². The average Bonchev–Trinajstić information content (AvgIpc) is 3.06. The Morgan fingerprint density at radius 3 is 2.48 bits per heavy atom. The number of amides is 1. The summed E-state index contributed by atoms with van der Waals surface area (Å²) in [5.41, 5.74) is 0. The van der Waals surface area contributed by atoms with Crippen LogP contribution < -0.4 is 5.32 Å². The van der Waals surface area contributed by atoms with Crippen molar-refractivity contribution in [2.75, 3.05) is 39.8 Å². The fraction of sp³-hybridized carbons (Fsp3) is 0.867. The lowest BCUT2D eigenvalue weighted by Gasteiger charge is -2.34. The Hall–Kier alpha value is -1.14. The number of hydrogen-bond donors (Lipinski definition) is 2. The van der Waals surface area contributed by atoms with Crippen molar-refractivity contribution < 1.29 is 14.7 Å². The van der Waals surface area contributed by atoms with Gasteiger partial charge in [-0.25, -0.2) is 0 Å². The Bertz CT molecular complexity index is 420. The number of likely N-dealkylation sites (N-methyl/N-ethyl adjacent to an activating group) is 1. The normalized spacial score (nSPS) is 36.1. The zero-order valence-electron chi connectivity index (χ0n) is 12.6. The number of carbonyl (C=O) groups is 2. The van der Waals surface area contributed by atoms with Gasteiger partial charge >= 0.3 is 5.97 Å². The van der Waals surface area contributed by atoms with Crippen molar-refractivity contribution in [2.45, 2.75) is 25.3 Å². The molecule has 3 rings (SSSR count). The van der Waals surface area contributed by atoms with Gasteiger partial charge in [0.2, 0.25) is 5.91 Å². The molecule has 118 valence electrons. The number of carboxylic acids is 1. The highest BCUT2D eigenvalue weighted by molar-refractivity contribution is 5.78. The van der Waals surface area contributed by atoms with Gasteiger partial charge in [-0.3, -0.25) is 9.59 Å². The monoisotopic (exact) mass is 295 g/mol. The van der Waals surface area contributed by atoms with Crippen LogP contribution in [0.4, 0.5) is 0 Å². The van der Waals surface area contributed by atoms with Crippen LogP contribution in [0, 0.1) is 17.8 Å². The molecule has 2 aliphatic carbocycles. The van der Waals surface area contributed by atoms with Crippen LogP contribution >= 0.6 is 0 Å². The van der Waals surface area contributed by atoms with Gasteiger partial charge in [-0.05, 0) is 38.1 Å². The van der Waals surface area contributed by atoms with Gasteiger partial charge < -0.3 is 20.2 Å². The van der Waals surface area contributed by atoms with Crippen molar-refractivity contribution >= 4 is 11.9 Å². The van der Waals surface area contributed by atoms with Crippen LogP contribution in [0.25, 0.3) is 0 Å². The van der Waals surface area contributed by atoms with E-state index in [1.807, 2.05) is 4.90 Å². The third kappa shape index (κ3) is 2.92. The molecule has 3 aliphatic rings. The maximum atomic E-state index is 12.2. The summed E-state index contributed by atoms with van der Waals surface area (Å²) in [6, 6.07) is -0.0161. The third-order valence-electron chi connectivity index (χ3n) is 5.55. The fourth-order valence-electron chi connectivity index (χ4n) is 4.31. The number of rotatable bonds is 4. The molecule has 1 heterocycles. The molecule has 0 aromatic rings. The standard InChI is InChI=1S/C15H25N3O3/c1-17-4-6-18(7-5-17)12(19)9-16-14-11-3-2-10(8-11)13(14)15(20)21/h10-11,13-14,16H,2-9H2,1H3,(H,20,21). The van der Waals surface area contributed by atoms with E-state index in [9.17, 15) is 14.7 Å². The molecular weight excluding hydrogens is 270 g/mol. The molecule has 1 aliphatic heterocycles. The Balaban J connectivity index is 1.52. The highest BCUT2D eigenvalue weighted by Gasteiger charge is 2.50. The van der Waals surface area contributed by atoms with Gasteiger partial charge in [-0.15, -0.1) is 0 Å². The number of nitrogens with one attached hydrogen (secondary N) is 1. The number of nitrogens with zero attached hydrogens (tertiary/aromatic N) is 2. The minimum absolute atomic E-state index is 0.0161. The lowest BCUT2D eigenvalue weighted by Crippen LogP contribution is -2.52. The van der Waals surface area contributed by atoms with Crippen LogP contribution in [-0.4, -0.2) is 72.6 Å². The second-order valence-electron chi connectivity index (χ2n) is 6.79. The number of fused-ring (bicyclic) bond motifs is 2. The number of hydrogen-bond acceptors (Lipinski definition) is 4. The Kier molecular flexibility index (Phi) is 4.17. The van der Waals surface area contributed by atoms with Gasteiger partial charge in [0.25, 0.3) is 0 Å². The largest absolute Gasteiger partial charge is 0.481 e. The van der Waals surface area contributed by atoms with Crippen LogP contribution in [0.15, 0.2) is 0 Å². The molecule has 1 amide bonds. The molecule has 6 heteroatoms. The molecule has 4 unspecified atom stereocenters. The van der Waals surface area contributed by atoms with E-state index in [1.54, 1.807) is 0 Å². The van der Waals surface area contributed by atoms with E-state index >= 15 is 0 Å². The van der Waals surface area contributed by atoms with Crippen molar-refractivity contribution in [3.63, 3.8) is 0 Å². The average molecular weight is 295 g/mol. The van der Waals surface area contributed by atoms with Gasteiger partial charge in [0.1, 0.15) is 0 Å². The van der Waals surface area contributed by atoms with Crippen LogP contribution in [-0.2, 0) is 9.59 Å². The lowest BCUT2D eigenvalue weighted by atomic mass is 9.84. The molecule has 4 atom stereocenters. The van der Waals surface area contributed by atoms with Crippen LogP contribution in [0.2, 0.25) is 0 Å². The highest BCUT2D eigenvalue weighted by atomic mass is 16.4. The quantitative estimate of drug-likeness (QED) is 0.754. The molecule has 6 nitrogen and oxygen atoms in total. The molecule has 21 heavy (non-hydrogen) atoms. The van der Waals surface area contributed by atoms with Crippen LogP contribution in [0.3, 0.4) is 0 Å². The number of carboxylic acid groups (broad SMARTS) is 1. The van der Waals surface area contributed by atoms with Crippen molar-refractivity contribution in [3.8, 4) is 0 Å². The minimum atomic E-state index is -0.702. The second-order valence-corrected chi connectivity index (χ2v) is 6.79. The minimum Gasteiger partial charge on any atom is -0.481 e. The zero-order valence-corrected chi connectivity index (χ0v) is 12.6. The number of aliphatic carboxylic acids is 1. The molecule has 2 saturated carbocycles. The van der Waals surface area contributed by atoms with Gasteiger partial charge in [-0.1, -0.05) is 0 Å². The van der Waals surface area contributed by atoms with Crippen molar-refractivity contribution in [3.05, 3.63) is 0 Å². The smallest absolute Gasteiger partial charge is 0.308 e. The first-order chi connectivity index (χ1) is 10.1. The summed E-state index contributed by atoms with van der Waals surface area (Å²) in [5, 5.41) is 12.7. The fourth-order valence-corrected chi connectivity index (χ4v) is 4.31. The molecule has 3 fully saturated rings. The topological polar surface area (TPSA) is 72.9 Å². The summed E-state index contributed by atoms with van der Waals surface area (Å²) in [7, 11) is 2.06. The molecular formula is C15H25N3O3. The molecule has 0 spiro atoms. The number of piperazine rings is 1. The first-order valence-corrected chi connectivity index (χ1v) is 7.99. The second kappa shape index (κ2) is 5.93. The summed E-state index contributed by atoms with van der Waals surface area (Å²) >= 11 is 0. The predicted molar refractivity (Wildman–Crippen MR) is 77.8 cm³/mol. The van der Waals surface area contributed by atoms with Crippen LogP contribution in [0.1, 0.15) is 19.3 Å². The SMILES string of the molecule is CN1CCN(C(=O)CNC2C3CCC(C3)C2C(=O)O)CC1. The van der Waals surface area contributed by atoms with Crippen molar-refractivity contribution in [2.24, 2.45) is 17.8 Å². The molecule has 2 N–H and O–H groups in total. The molecule has 1 saturated heterocycles. The van der Waals surface area contributed by atoms with E-state index in [0.717, 1.165) is 45.4 Å². The van der Waals surface area contributed by atoms with E-state index < -0.39 is 5.97 Å². The zero-order chi connectivity index (χ0) is 15.0. The summed E-state index contributed by atoms with van der Waals surface area (Å²) in [4.78, 5) is 27.8. The number of carbonyl (C=O) groups excluding carboxylic acids is 1. The Morgan fingerprint density at radius 2 is 1.81 bits per heavy atom. The Labute approximate surface area is 125 Å². The van der Waals surface area contributed by atoms with E-state index in [-0.39, 0.29) is 24.4 Å². The maximum absolute atomic E-state index is 12.2. The van der Waals surface area contributed by atoms with Gasteiger partial charge in [0.15, 0.2) is 0 Å². The molecule has 0 aromatic carbocycles. The summed E-state index contributed by atoms with van der Waals surface area (Å²) in [5.74, 6) is -0.147. The maximum Gasteiger partial charge on any atom is 0.308 e. The van der Waals surface area contributed by atoms with Crippen molar-refractivity contribution in [1.82, 2.24) is 15.1 Å². The van der Waals surface area contributed by atoms with Gasteiger partial charge in [-0.2, -0.15) is 0 Å². The summed E-state index contributed by atoms with van der Waals surface area (Å²) < 4.78 is 0.